The van der Waals surface area contributed by atoms with E-state index in [0.29, 0.717) is 40.9 Å². The smallest absolute Gasteiger partial charge is 0.251 e. The molecule has 0 saturated carbocycles. The van der Waals surface area contributed by atoms with Gasteiger partial charge in [-0.15, -0.1) is 0 Å². The predicted octanol–water partition coefficient (Wildman–Crippen LogP) is 3.38. The minimum atomic E-state index is -0.539. The Morgan fingerprint density at radius 1 is 0.968 bits per heavy atom. The number of hydrogen-bond donors (Lipinski definition) is 3. The molecule has 7 heteroatoms. The van der Waals surface area contributed by atoms with E-state index in [1.165, 1.54) is 0 Å². The van der Waals surface area contributed by atoms with Gasteiger partial charge in [-0.3, -0.25) is 9.59 Å². The fourth-order valence-electron chi connectivity index (χ4n) is 4.02. The number of rotatable bonds is 7. The van der Waals surface area contributed by atoms with Gasteiger partial charge in [-0.2, -0.15) is 0 Å². The lowest BCUT2D eigenvalue weighted by molar-refractivity contribution is 0.0991. The van der Waals surface area contributed by atoms with Crippen LogP contribution in [0.5, 0.6) is 5.75 Å². The molecule has 1 heterocycles. The van der Waals surface area contributed by atoms with Gasteiger partial charge in [0.2, 0.25) is 5.91 Å². The average molecular weight is 417 g/mol. The fourth-order valence-corrected chi connectivity index (χ4v) is 4.02. The quantitative estimate of drug-likeness (QED) is 0.427. The largest absolute Gasteiger partial charge is 0.497 e. The summed E-state index contributed by atoms with van der Waals surface area (Å²) in [6, 6.07) is 14.9. The minimum absolute atomic E-state index is 0.382. The monoisotopic (exact) mass is 417 g/mol. The number of nitrogens with two attached hydrogens (primary N) is 2. The Morgan fingerprint density at radius 2 is 1.77 bits per heavy atom. The standard InChI is InChI=1S/C24H23N3O4/c1-30-9-8-17-18(13-4-3-5-15(10-13)31-2)12-19-16-7-6-14(23(25)28)11-20(16)27-22(19)21(17)24(26)29/h3-7,10-12,27H,8-9H2,1-2H3,(H2,25,28)(H2,26,29). The lowest BCUT2D eigenvalue weighted by atomic mass is 9.90. The summed E-state index contributed by atoms with van der Waals surface area (Å²) < 4.78 is 10.7. The molecule has 31 heavy (non-hydrogen) atoms. The molecule has 0 bridgehead atoms. The Bertz CT molecular complexity index is 1320. The van der Waals surface area contributed by atoms with E-state index < -0.39 is 11.8 Å². The van der Waals surface area contributed by atoms with Crippen LogP contribution in [0.1, 0.15) is 26.3 Å². The Labute approximate surface area is 178 Å². The van der Waals surface area contributed by atoms with E-state index in [9.17, 15) is 9.59 Å². The van der Waals surface area contributed by atoms with E-state index in [2.05, 4.69) is 4.98 Å². The first-order chi connectivity index (χ1) is 14.9. The van der Waals surface area contributed by atoms with Crippen molar-refractivity contribution in [3.8, 4) is 16.9 Å². The van der Waals surface area contributed by atoms with Crippen LogP contribution < -0.4 is 16.2 Å². The summed E-state index contributed by atoms with van der Waals surface area (Å²) in [4.78, 5) is 27.5. The van der Waals surface area contributed by atoms with Crippen LogP contribution in [0, 0.1) is 0 Å². The summed E-state index contributed by atoms with van der Waals surface area (Å²) in [6.45, 7) is 0.425. The van der Waals surface area contributed by atoms with E-state index in [-0.39, 0.29) is 0 Å². The topological polar surface area (TPSA) is 120 Å². The van der Waals surface area contributed by atoms with Gasteiger partial charge in [0, 0.05) is 29.0 Å². The normalized spacial score (nSPS) is 11.2. The number of methoxy groups -OCH3 is 2. The Hall–Kier alpha value is -3.84. The molecule has 1 aromatic heterocycles. The highest BCUT2D eigenvalue weighted by Gasteiger charge is 2.22. The van der Waals surface area contributed by atoms with Gasteiger partial charge in [-0.05, 0) is 53.4 Å². The van der Waals surface area contributed by atoms with Crippen LogP contribution >= 0.6 is 0 Å². The maximum absolute atomic E-state index is 12.6. The molecule has 0 fully saturated rings. The molecule has 3 aromatic carbocycles. The van der Waals surface area contributed by atoms with Gasteiger partial charge in [-0.25, -0.2) is 0 Å². The first kappa shape index (κ1) is 20.4. The van der Waals surface area contributed by atoms with Gasteiger partial charge in [-0.1, -0.05) is 18.2 Å². The van der Waals surface area contributed by atoms with Gasteiger partial charge >= 0.3 is 0 Å². The van der Waals surface area contributed by atoms with E-state index in [0.717, 1.165) is 27.5 Å². The van der Waals surface area contributed by atoms with E-state index in [4.69, 9.17) is 20.9 Å². The van der Waals surface area contributed by atoms with Crippen molar-refractivity contribution in [2.24, 2.45) is 11.5 Å². The number of carbonyl (C=O) groups is 2. The summed E-state index contributed by atoms with van der Waals surface area (Å²) in [5, 5.41) is 1.70. The van der Waals surface area contributed by atoms with E-state index >= 15 is 0 Å². The molecule has 0 radical (unpaired) electrons. The van der Waals surface area contributed by atoms with Crippen LogP contribution in [0.2, 0.25) is 0 Å². The van der Waals surface area contributed by atoms with Crippen LogP contribution in [-0.4, -0.2) is 37.6 Å². The fraction of sp³-hybridized carbons (Fsp3) is 0.167. The number of hydrogen-bond acceptors (Lipinski definition) is 4. The third-order valence-corrected chi connectivity index (χ3v) is 5.47. The third-order valence-electron chi connectivity index (χ3n) is 5.47. The lowest BCUT2D eigenvalue weighted by Crippen LogP contribution is -2.16. The molecule has 158 valence electrons. The van der Waals surface area contributed by atoms with Crippen molar-refractivity contribution in [3.63, 3.8) is 0 Å². The van der Waals surface area contributed by atoms with Crippen molar-refractivity contribution in [1.29, 1.82) is 0 Å². The van der Waals surface area contributed by atoms with E-state index in [1.807, 2.05) is 36.4 Å². The van der Waals surface area contributed by atoms with Gasteiger partial charge in [0.15, 0.2) is 0 Å². The molecule has 0 saturated heterocycles. The molecule has 0 unspecified atom stereocenters. The molecule has 4 aromatic rings. The summed E-state index contributed by atoms with van der Waals surface area (Å²) in [5.41, 5.74) is 16.0. The summed E-state index contributed by atoms with van der Waals surface area (Å²) in [5.74, 6) is -0.350. The van der Waals surface area contributed by atoms with Crippen LogP contribution in [0.4, 0.5) is 0 Å². The predicted molar refractivity (Wildman–Crippen MR) is 120 cm³/mol. The maximum Gasteiger partial charge on any atom is 0.251 e. The first-order valence-electron chi connectivity index (χ1n) is 9.79. The molecular formula is C24H23N3O4. The number of carbonyl (C=O) groups excluding carboxylic acids is 2. The second kappa shape index (κ2) is 8.12. The van der Waals surface area contributed by atoms with Crippen molar-refractivity contribution < 1.29 is 19.1 Å². The van der Waals surface area contributed by atoms with Crippen molar-refractivity contribution in [2.75, 3.05) is 20.8 Å². The molecule has 2 amide bonds. The van der Waals surface area contributed by atoms with Crippen molar-refractivity contribution in [1.82, 2.24) is 4.98 Å². The molecular weight excluding hydrogens is 394 g/mol. The number of ether oxygens (including phenoxy) is 2. The molecule has 7 nitrogen and oxygen atoms in total. The number of primary amides is 2. The number of benzene rings is 3. The highest BCUT2D eigenvalue weighted by atomic mass is 16.5. The number of aromatic nitrogens is 1. The third kappa shape index (κ3) is 3.60. The molecule has 0 aliphatic heterocycles. The van der Waals surface area contributed by atoms with Crippen LogP contribution in [0.15, 0.2) is 48.5 Å². The van der Waals surface area contributed by atoms with Gasteiger partial charge in [0.05, 0.1) is 24.8 Å². The number of aromatic amines is 1. The van der Waals surface area contributed by atoms with Gasteiger partial charge < -0.3 is 25.9 Å². The van der Waals surface area contributed by atoms with Crippen molar-refractivity contribution in [2.45, 2.75) is 6.42 Å². The Morgan fingerprint density at radius 3 is 2.45 bits per heavy atom. The summed E-state index contributed by atoms with van der Waals surface area (Å²) in [7, 11) is 3.22. The zero-order valence-electron chi connectivity index (χ0n) is 17.3. The molecule has 4 rings (SSSR count). The SMILES string of the molecule is COCCc1c(-c2cccc(OC)c2)cc2c([nH]c3cc(C(N)=O)ccc32)c1C(N)=O. The second-order valence-electron chi connectivity index (χ2n) is 7.29. The summed E-state index contributed by atoms with van der Waals surface area (Å²) >= 11 is 0. The van der Waals surface area contributed by atoms with Crippen LogP contribution in [-0.2, 0) is 11.2 Å². The van der Waals surface area contributed by atoms with Gasteiger partial charge in [0.1, 0.15) is 5.75 Å². The minimum Gasteiger partial charge on any atom is -0.497 e. The Kier molecular flexibility index (Phi) is 5.35. The number of H-pyrrole nitrogens is 1. The zero-order valence-corrected chi connectivity index (χ0v) is 17.3. The second-order valence-corrected chi connectivity index (χ2v) is 7.29. The maximum atomic E-state index is 12.6. The highest BCUT2D eigenvalue weighted by molar-refractivity contribution is 6.18. The number of fused-ring (bicyclic) bond motifs is 3. The van der Waals surface area contributed by atoms with Crippen molar-refractivity contribution in [3.05, 3.63) is 65.2 Å². The van der Waals surface area contributed by atoms with Crippen molar-refractivity contribution >= 4 is 33.6 Å². The molecule has 5 N–H and O–H groups in total. The molecule has 0 atom stereocenters. The van der Waals surface area contributed by atoms with E-state index in [1.54, 1.807) is 26.4 Å². The molecule has 0 aliphatic carbocycles. The van der Waals surface area contributed by atoms with Crippen LogP contribution in [0.25, 0.3) is 32.9 Å². The Balaban J connectivity index is 2.10. The number of amides is 2. The molecule has 0 aliphatic rings. The van der Waals surface area contributed by atoms with Crippen LogP contribution in [0.3, 0.4) is 0 Å². The zero-order chi connectivity index (χ0) is 22.1. The summed E-state index contributed by atoms with van der Waals surface area (Å²) in [6.07, 6.45) is 0.499. The number of nitrogens with one attached hydrogen (secondary N) is 1. The average Bonchev–Trinajstić information content (AvgIpc) is 3.13. The highest BCUT2D eigenvalue weighted by Crippen LogP contribution is 2.37. The first-order valence-corrected chi connectivity index (χ1v) is 9.79. The van der Waals surface area contributed by atoms with Gasteiger partial charge in [0.25, 0.3) is 5.91 Å². The molecule has 0 spiro atoms. The lowest BCUT2D eigenvalue weighted by Gasteiger charge is -2.16.